The Labute approximate surface area is 174 Å². The Bertz CT molecular complexity index is 1140. The van der Waals surface area contributed by atoms with Crippen molar-refractivity contribution in [3.8, 4) is 0 Å². The molecular weight excluding hydrogens is 382 g/mol. The molecule has 0 aliphatic carbocycles. The number of rotatable bonds is 6. The summed E-state index contributed by atoms with van der Waals surface area (Å²) in [6.45, 7) is 2.23. The van der Waals surface area contributed by atoms with Gasteiger partial charge in [0.05, 0.1) is 23.3 Å². The number of carbonyl (C=O) groups is 2. The molecule has 7 nitrogen and oxygen atoms in total. The van der Waals surface area contributed by atoms with E-state index in [0.29, 0.717) is 29.8 Å². The standard InChI is InChI=1S/C23H25N3O4/c24-9-5-10-26-16-7-2-1-6-15(16)20-17(26)12-14(13-30-18-8-3-4-11-29-18)19-21(20)23(28)25-22(19)27/h1-2,6-7,12,18H,3-5,8-11,13,24H2,(H,25,27,28). The highest BCUT2D eigenvalue weighted by atomic mass is 16.7. The van der Waals surface area contributed by atoms with E-state index in [1.807, 2.05) is 30.3 Å². The molecule has 2 aliphatic heterocycles. The second kappa shape index (κ2) is 7.83. The van der Waals surface area contributed by atoms with Gasteiger partial charge >= 0.3 is 0 Å². The number of aryl methyl sites for hydroxylation is 1. The number of ether oxygens (including phenoxy) is 2. The molecule has 0 bridgehead atoms. The van der Waals surface area contributed by atoms with E-state index in [1.54, 1.807) is 0 Å². The van der Waals surface area contributed by atoms with E-state index in [4.69, 9.17) is 15.2 Å². The van der Waals surface area contributed by atoms with Crippen molar-refractivity contribution in [2.45, 2.75) is 45.1 Å². The highest BCUT2D eigenvalue weighted by Crippen LogP contribution is 2.37. The first-order chi connectivity index (χ1) is 14.7. The first-order valence-electron chi connectivity index (χ1n) is 10.5. The van der Waals surface area contributed by atoms with Gasteiger partial charge in [0.2, 0.25) is 0 Å². The van der Waals surface area contributed by atoms with Crippen LogP contribution in [0.15, 0.2) is 30.3 Å². The molecule has 3 heterocycles. The Balaban J connectivity index is 1.69. The number of carbonyl (C=O) groups excluding carboxylic acids is 2. The first kappa shape index (κ1) is 19.2. The molecule has 3 N–H and O–H groups in total. The van der Waals surface area contributed by atoms with Gasteiger partial charge in [-0.15, -0.1) is 0 Å². The lowest BCUT2D eigenvalue weighted by Gasteiger charge is -2.23. The number of hydrogen-bond donors (Lipinski definition) is 2. The number of hydrogen-bond acceptors (Lipinski definition) is 5. The average Bonchev–Trinajstić information content (AvgIpc) is 3.25. The summed E-state index contributed by atoms with van der Waals surface area (Å²) in [5.41, 5.74) is 9.31. The van der Waals surface area contributed by atoms with E-state index < -0.39 is 0 Å². The Morgan fingerprint density at radius 2 is 1.97 bits per heavy atom. The van der Waals surface area contributed by atoms with E-state index in [2.05, 4.69) is 9.88 Å². The summed E-state index contributed by atoms with van der Waals surface area (Å²) in [6.07, 6.45) is 3.49. The van der Waals surface area contributed by atoms with Gasteiger partial charge in [-0.25, -0.2) is 0 Å². The molecule has 2 amide bonds. The van der Waals surface area contributed by atoms with Crippen LogP contribution in [0.5, 0.6) is 0 Å². The molecule has 1 fully saturated rings. The number of imide groups is 1. The van der Waals surface area contributed by atoms with Gasteiger partial charge in [-0.05, 0) is 49.9 Å². The molecule has 2 aromatic carbocycles. The average molecular weight is 407 g/mol. The van der Waals surface area contributed by atoms with Gasteiger partial charge in [-0.3, -0.25) is 14.9 Å². The van der Waals surface area contributed by atoms with Crippen molar-refractivity contribution in [1.29, 1.82) is 0 Å². The second-order valence-electron chi connectivity index (χ2n) is 7.88. The van der Waals surface area contributed by atoms with Gasteiger partial charge in [0.25, 0.3) is 11.8 Å². The molecule has 1 aromatic heterocycles. The molecule has 1 saturated heterocycles. The fourth-order valence-electron chi connectivity index (χ4n) is 4.60. The van der Waals surface area contributed by atoms with Crippen LogP contribution in [0.2, 0.25) is 0 Å². The first-order valence-corrected chi connectivity index (χ1v) is 10.5. The van der Waals surface area contributed by atoms with Gasteiger partial charge in [0.1, 0.15) is 0 Å². The molecule has 156 valence electrons. The van der Waals surface area contributed by atoms with Crippen molar-refractivity contribution in [3.05, 3.63) is 47.0 Å². The van der Waals surface area contributed by atoms with Crippen molar-refractivity contribution in [2.24, 2.45) is 5.73 Å². The van der Waals surface area contributed by atoms with Crippen LogP contribution in [0, 0.1) is 0 Å². The molecule has 1 atom stereocenters. The van der Waals surface area contributed by atoms with E-state index >= 15 is 0 Å². The predicted octanol–water partition coefficient (Wildman–Crippen LogP) is 3.07. The molecule has 7 heteroatoms. The maximum absolute atomic E-state index is 12.8. The minimum Gasteiger partial charge on any atom is -0.353 e. The molecule has 30 heavy (non-hydrogen) atoms. The summed E-state index contributed by atoms with van der Waals surface area (Å²) in [5.74, 6) is -0.712. The highest BCUT2D eigenvalue weighted by Gasteiger charge is 2.34. The summed E-state index contributed by atoms with van der Waals surface area (Å²) in [6, 6.07) is 9.97. The van der Waals surface area contributed by atoms with Crippen molar-refractivity contribution < 1.29 is 19.1 Å². The van der Waals surface area contributed by atoms with Gasteiger partial charge in [0.15, 0.2) is 6.29 Å². The monoisotopic (exact) mass is 407 g/mol. The van der Waals surface area contributed by atoms with Crippen LogP contribution in [0.25, 0.3) is 21.8 Å². The van der Waals surface area contributed by atoms with Crippen molar-refractivity contribution in [3.63, 3.8) is 0 Å². The molecule has 0 saturated carbocycles. The lowest BCUT2D eigenvalue weighted by Crippen LogP contribution is -2.23. The number of benzene rings is 2. The summed E-state index contributed by atoms with van der Waals surface area (Å²) in [5, 5.41) is 4.26. The largest absolute Gasteiger partial charge is 0.353 e. The quantitative estimate of drug-likeness (QED) is 0.613. The molecular formula is C23H25N3O4. The van der Waals surface area contributed by atoms with E-state index in [-0.39, 0.29) is 24.7 Å². The van der Waals surface area contributed by atoms with Crippen LogP contribution in [0.1, 0.15) is 52.0 Å². The van der Waals surface area contributed by atoms with Gasteiger partial charge in [-0.1, -0.05) is 18.2 Å². The number of nitrogens with one attached hydrogen (secondary N) is 1. The lowest BCUT2D eigenvalue weighted by atomic mass is 9.97. The van der Waals surface area contributed by atoms with Crippen LogP contribution in [-0.2, 0) is 22.6 Å². The third-order valence-electron chi connectivity index (χ3n) is 5.97. The topological polar surface area (TPSA) is 95.6 Å². The highest BCUT2D eigenvalue weighted by molar-refractivity contribution is 6.30. The zero-order chi connectivity index (χ0) is 20.7. The SMILES string of the molecule is NCCCn1c2ccccc2c2c3c(c(COC4CCCCO4)cc21)C(=O)NC3=O. The minimum absolute atomic E-state index is 0.224. The molecule has 3 aromatic rings. The predicted molar refractivity (Wildman–Crippen MR) is 113 cm³/mol. The molecule has 1 unspecified atom stereocenters. The molecule has 0 spiro atoms. The third-order valence-corrected chi connectivity index (χ3v) is 5.97. The Kier molecular flexibility index (Phi) is 5.02. The minimum atomic E-state index is -0.362. The summed E-state index contributed by atoms with van der Waals surface area (Å²) >= 11 is 0. The summed E-state index contributed by atoms with van der Waals surface area (Å²) in [4.78, 5) is 25.5. The number of amides is 2. The summed E-state index contributed by atoms with van der Waals surface area (Å²) < 4.78 is 13.8. The Morgan fingerprint density at radius 3 is 2.77 bits per heavy atom. The maximum Gasteiger partial charge on any atom is 0.259 e. The van der Waals surface area contributed by atoms with Crippen LogP contribution < -0.4 is 11.1 Å². The van der Waals surface area contributed by atoms with Gasteiger partial charge in [0, 0.05) is 29.4 Å². The number of para-hydroxylation sites is 1. The van der Waals surface area contributed by atoms with E-state index in [9.17, 15) is 9.59 Å². The molecule has 0 radical (unpaired) electrons. The van der Waals surface area contributed by atoms with Crippen molar-refractivity contribution in [2.75, 3.05) is 13.2 Å². The van der Waals surface area contributed by atoms with Gasteiger partial charge in [-0.2, -0.15) is 0 Å². The summed E-state index contributed by atoms with van der Waals surface area (Å²) in [7, 11) is 0. The number of aromatic nitrogens is 1. The normalized spacial score (nSPS) is 18.9. The number of fused-ring (bicyclic) bond motifs is 5. The Hall–Kier alpha value is -2.74. The van der Waals surface area contributed by atoms with Crippen LogP contribution in [0.3, 0.4) is 0 Å². The fourth-order valence-corrected chi connectivity index (χ4v) is 4.60. The fraction of sp³-hybridized carbons (Fsp3) is 0.391. The molecule has 2 aliphatic rings. The smallest absolute Gasteiger partial charge is 0.259 e. The third kappa shape index (κ3) is 3.10. The maximum atomic E-state index is 12.8. The Morgan fingerprint density at radius 1 is 1.13 bits per heavy atom. The van der Waals surface area contributed by atoms with Crippen LogP contribution in [0.4, 0.5) is 0 Å². The van der Waals surface area contributed by atoms with Gasteiger partial charge < -0.3 is 19.8 Å². The van der Waals surface area contributed by atoms with Crippen molar-refractivity contribution >= 4 is 33.6 Å². The zero-order valence-electron chi connectivity index (χ0n) is 16.8. The van der Waals surface area contributed by atoms with Crippen LogP contribution >= 0.6 is 0 Å². The second-order valence-corrected chi connectivity index (χ2v) is 7.88. The number of nitrogens with two attached hydrogens (primary N) is 1. The molecule has 5 rings (SSSR count). The lowest BCUT2D eigenvalue weighted by molar-refractivity contribution is -0.168. The van der Waals surface area contributed by atoms with Crippen LogP contribution in [-0.4, -0.2) is 35.8 Å². The van der Waals surface area contributed by atoms with E-state index in [0.717, 1.165) is 54.0 Å². The number of nitrogens with zero attached hydrogens (tertiary/aromatic N) is 1. The van der Waals surface area contributed by atoms with E-state index in [1.165, 1.54) is 0 Å². The van der Waals surface area contributed by atoms with Crippen molar-refractivity contribution in [1.82, 2.24) is 9.88 Å². The zero-order valence-corrected chi connectivity index (χ0v) is 16.8.